The van der Waals surface area contributed by atoms with E-state index >= 15 is 0 Å². The second kappa shape index (κ2) is 10.8. The zero-order valence-corrected chi connectivity index (χ0v) is 19.2. The molecule has 1 N–H and O–H groups in total. The van der Waals surface area contributed by atoms with E-state index in [2.05, 4.69) is 23.7 Å². The molecule has 7 heteroatoms. The SMILES string of the molecule is CCN(CC)CCCN=Cc1c(O)n(-c2ccc(OC)cc2OC)c(=O)c2ccccc12. The number of rotatable bonds is 10. The Hall–Kier alpha value is -3.32. The predicted octanol–water partition coefficient (Wildman–Crippen LogP) is 3.86. The minimum Gasteiger partial charge on any atom is -0.497 e. The van der Waals surface area contributed by atoms with E-state index in [-0.39, 0.29) is 11.4 Å². The number of ether oxygens (including phenoxy) is 2. The molecule has 0 fully saturated rings. The summed E-state index contributed by atoms with van der Waals surface area (Å²) in [5.41, 5.74) is 0.596. The fourth-order valence-electron chi connectivity index (χ4n) is 3.76. The third-order valence-electron chi connectivity index (χ3n) is 5.61. The first-order valence-corrected chi connectivity index (χ1v) is 10.9. The molecule has 1 aromatic heterocycles. The maximum atomic E-state index is 13.3. The zero-order chi connectivity index (χ0) is 23.1. The predicted molar refractivity (Wildman–Crippen MR) is 129 cm³/mol. The van der Waals surface area contributed by atoms with Gasteiger partial charge in [0.05, 0.1) is 25.5 Å². The van der Waals surface area contributed by atoms with Crippen LogP contribution in [0, 0.1) is 0 Å². The van der Waals surface area contributed by atoms with E-state index in [1.54, 1.807) is 43.7 Å². The van der Waals surface area contributed by atoms with Crippen LogP contribution in [-0.2, 0) is 0 Å². The van der Waals surface area contributed by atoms with Crippen LogP contribution >= 0.6 is 0 Å². The summed E-state index contributed by atoms with van der Waals surface area (Å²) >= 11 is 0. The lowest BCUT2D eigenvalue weighted by molar-refractivity contribution is 0.302. The summed E-state index contributed by atoms with van der Waals surface area (Å²) in [5, 5.41) is 12.3. The van der Waals surface area contributed by atoms with Crippen molar-refractivity contribution in [2.75, 3.05) is 40.4 Å². The summed E-state index contributed by atoms with van der Waals surface area (Å²) < 4.78 is 12.0. The first-order chi connectivity index (χ1) is 15.5. The van der Waals surface area contributed by atoms with Crippen molar-refractivity contribution in [1.29, 1.82) is 0 Å². The highest BCUT2D eigenvalue weighted by atomic mass is 16.5. The van der Waals surface area contributed by atoms with Gasteiger partial charge in [-0.25, -0.2) is 4.57 Å². The van der Waals surface area contributed by atoms with Gasteiger partial charge in [0.2, 0.25) is 5.88 Å². The second-order valence-electron chi connectivity index (χ2n) is 7.38. The van der Waals surface area contributed by atoms with Crippen LogP contribution in [0.25, 0.3) is 16.5 Å². The summed E-state index contributed by atoms with van der Waals surface area (Å²) in [7, 11) is 3.07. The Kier molecular flexibility index (Phi) is 7.89. The minimum atomic E-state index is -0.333. The van der Waals surface area contributed by atoms with Crippen molar-refractivity contribution in [3.63, 3.8) is 0 Å². The molecule has 7 nitrogen and oxygen atoms in total. The molecule has 0 aliphatic heterocycles. The van der Waals surface area contributed by atoms with E-state index in [0.29, 0.717) is 40.1 Å². The second-order valence-corrected chi connectivity index (χ2v) is 7.38. The number of nitrogens with zero attached hydrogens (tertiary/aromatic N) is 3. The van der Waals surface area contributed by atoms with Crippen LogP contribution in [0.3, 0.4) is 0 Å². The van der Waals surface area contributed by atoms with Crippen LogP contribution in [0.1, 0.15) is 25.8 Å². The Balaban J connectivity index is 2.07. The van der Waals surface area contributed by atoms with E-state index < -0.39 is 0 Å². The lowest BCUT2D eigenvalue weighted by Gasteiger charge is -2.17. The van der Waals surface area contributed by atoms with Crippen LogP contribution in [-0.4, -0.2) is 61.2 Å². The molecule has 2 aromatic carbocycles. The number of benzene rings is 2. The Morgan fingerprint density at radius 3 is 2.44 bits per heavy atom. The van der Waals surface area contributed by atoms with Gasteiger partial charge in [-0.05, 0) is 44.3 Å². The number of fused-ring (bicyclic) bond motifs is 1. The molecular formula is C25H31N3O4. The lowest BCUT2D eigenvalue weighted by atomic mass is 10.1. The van der Waals surface area contributed by atoms with Gasteiger partial charge in [-0.3, -0.25) is 9.79 Å². The Morgan fingerprint density at radius 2 is 1.78 bits per heavy atom. The van der Waals surface area contributed by atoms with E-state index in [4.69, 9.17) is 9.47 Å². The summed E-state index contributed by atoms with van der Waals surface area (Å²) in [4.78, 5) is 20.2. The summed E-state index contributed by atoms with van der Waals surface area (Å²) in [6.07, 6.45) is 2.58. The molecule has 0 aliphatic carbocycles. The Morgan fingerprint density at radius 1 is 1.06 bits per heavy atom. The molecule has 1 heterocycles. The number of methoxy groups -OCH3 is 2. The monoisotopic (exact) mass is 437 g/mol. The molecule has 0 radical (unpaired) electrons. The number of pyridine rings is 1. The molecule has 0 amide bonds. The van der Waals surface area contributed by atoms with Gasteiger partial charge in [0.1, 0.15) is 11.5 Å². The molecule has 0 bridgehead atoms. The fourth-order valence-corrected chi connectivity index (χ4v) is 3.76. The molecule has 0 saturated heterocycles. The van der Waals surface area contributed by atoms with E-state index in [1.807, 2.05) is 12.1 Å². The largest absolute Gasteiger partial charge is 0.497 e. The van der Waals surface area contributed by atoms with Crippen LogP contribution in [0.2, 0.25) is 0 Å². The highest BCUT2D eigenvalue weighted by Crippen LogP contribution is 2.32. The summed E-state index contributed by atoms with van der Waals surface area (Å²) in [6, 6.07) is 12.3. The van der Waals surface area contributed by atoms with Crippen molar-refractivity contribution in [2.45, 2.75) is 20.3 Å². The molecule has 0 saturated carbocycles. The molecule has 3 rings (SSSR count). The lowest BCUT2D eigenvalue weighted by Crippen LogP contribution is -2.24. The normalized spacial score (nSPS) is 11.5. The zero-order valence-electron chi connectivity index (χ0n) is 19.2. The highest BCUT2D eigenvalue weighted by molar-refractivity contribution is 6.01. The van der Waals surface area contributed by atoms with Gasteiger partial charge in [0.25, 0.3) is 5.56 Å². The van der Waals surface area contributed by atoms with Crippen molar-refractivity contribution in [2.24, 2.45) is 4.99 Å². The van der Waals surface area contributed by atoms with Crippen molar-refractivity contribution in [3.8, 4) is 23.1 Å². The quantitative estimate of drug-likeness (QED) is 0.385. The maximum Gasteiger partial charge on any atom is 0.265 e. The number of hydrogen-bond acceptors (Lipinski definition) is 6. The standard InChI is InChI=1S/C25H31N3O4/c1-5-27(6-2)15-9-14-26-17-21-19-10-7-8-11-20(19)24(29)28(25(21)30)22-13-12-18(31-3)16-23(22)32-4/h7-8,10-13,16-17,30H,5-6,9,14-15H2,1-4H3. The summed E-state index contributed by atoms with van der Waals surface area (Å²) in [6.45, 7) is 7.93. The van der Waals surface area contributed by atoms with Crippen molar-refractivity contribution >= 4 is 17.0 Å². The number of aromatic hydroxyl groups is 1. The van der Waals surface area contributed by atoms with E-state index in [9.17, 15) is 9.90 Å². The van der Waals surface area contributed by atoms with Gasteiger partial charge < -0.3 is 19.5 Å². The van der Waals surface area contributed by atoms with Crippen molar-refractivity contribution in [3.05, 3.63) is 58.4 Å². The van der Waals surface area contributed by atoms with Gasteiger partial charge in [0.15, 0.2) is 0 Å². The Bertz CT molecular complexity index is 1150. The van der Waals surface area contributed by atoms with Crippen molar-refractivity contribution < 1.29 is 14.6 Å². The topological polar surface area (TPSA) is 76.3 Å². The third kappa shape index (κ3) is 4.78. The average Bonchev–Trinajstić information content (AvgIpc) is 2.83. The third-order valence-corrected chi connectivity index (χ3v) is 5.61. The molecule has 3 aromatic rings. The van der Waals surface area contributed by atoms with Gasteiger partial charge >= 0.3 is 0 Å². The fraction of sp³-hybridized carbons (Fsp3) is 0.360. The molecule has 0 spiro atoms. The van der Waals surface area contributed by atoms with E-state index in [0.717, 1.165) is 26.1 Å². The number of aromatic nitrogens is 1. The number of aliphatic imine (C=N–C) groups is 1. The highest BCUT2D eigenvalue weighted by Gasteiger charge is 2.19. The first-order valence-electron chi connectivity index (χ1n) is 10.9. The van der Waals surface area contributed by atoms with Gasteiger partial charge in [0, 0.05) is 29.6 Å². The maximum absolute atomic E-state index is 13.3. The molecule has 170 valence electrons. The van der Waals surface area contributed by atoms with Crippen LogP contribution in [0.5, 0.6) is 17.4 Å². The van der Waals surface area contributed by atoms with Crippen LogP contribution < -0.4 is 15.0 Å². The van der Waals surface area contributed by atoms with Gasteiger partial charge in [-0.1, -0.05) is 32.0 Å². The number of hydrogen-bond donors (Lipinski definition) is 1. The van der Waals surface area contributed by atoms with Crippen LogP contribution in [0.4, 0.5) is 0 Å². The molecule has 0 atom stereocenters. The first kappa shape index (κ1) is 23.3. The minimum absolute atomic E-state index is 0.176. The molecule has 0 aliphatic rings. The summed E-state index contributed by atoms with van der Waals surface area (Å²) in [5.74, 6) is 0.831. The average molecular weight is 438 g/mol. The van der Waals surface area contributed by atoms with Crippen LogP contribution in [0.15, 0.2) is 52.3 Å². The Labute approximate surface area is 188 Å². The van der Waals surface area contributed by atoms with Crippen molar-refractivity contribution in [1.82, 2.24) is 9.47 Å². The smallest absolute Gasteiger partial charge is 0.265 e. The van der Waals surface area contributed by atoms with Gasteiger partial charge in [-0.15, -0.1) is 0 Å². The van der Waals surface area contributed by atoms with Gasteiger partial charge in [-0.2, -0.15) is 0 Å². The molecule has 32 heavy (non-hydrogen) atoms. The van der Waals surface area contributed by atoms with E-state index in [1.165, 1.54) is 11.7 Å². The molecular weight excluding hydrogens is 406 g/mol. The molecule has 0 unspecified atom stereocenters.